The second kappa shape index (κ2) is 7.08. The van der Waals surface area contributed by atoms with Crippen LogP contribution in [0.4, 0.5) is 16.3 Å². The highest BCUT2D eigenvalue weighted by molar-refractivity contribution is 5.88. The molecule has 124 valence electrons. The van der Waals surface area contributed by atoms with Gasteiger partial charge in [-0.2, -0.15) is 0 Å². The van der Waals surface area contributed by atoms with Crippen molar-refractivity contribution in [1.82, 2.24) is 20.0 Å². The van der Waals surface area contributed by atoms with Gasteiger partial charge in [0.2, 0.25) is 0 Å². The number of aryl methyl sites for hydroxylation is 2. The Balaban J connectivity index is 2.21. The highest BCUT2D eigenvalue weighted by Crippen LogP contribution is 2.25. The van der Waals surface area contributed by atoms with Gasteiger partial charge in [0.15, 0.2) is 11.5 Å². The predicted molar refractivity (Wildman–Crippen MR) is 87.9 cm³/mol. The molecule has 23 heavy (non-hydrogen) atoms. The molecular weight excluding hydrogens is 296 g/mol. The van der Waals surface area contributed by atoms with Gasteiger partial charge >= 0.3 is 6.09 Å². The molecule has 3 N–H and O–H groups in total. The van der Waals surface area contributed by atoms with E-state index >= 15 is 0 Å². The summed E-state index contributed by atoms with van der Waals surface area (Å²) >= 11 is 0. The van der Waals surface area contributed by atoms with Crippen LogP contribution in [-0.2, 0) is 11.8 Å². The third kappa shape index (κ3) is 3.97. The van der Waals surface area contributed by atoms with Crippen molar-refractivity contribution in [3.63, 3.8) is 0 Å². The molecule has 1 unspecified atom stereocenters. The van der Waals surface area contributed by atoms with Gasteiger partial charge in [0.25, 0.3) is 0 Å². The van der Waals surface area contributed by atoms with Crippen molar-refractivity contribution in [2.24, 2.45) is 7.05 Å². The molecule has 1 amide bonds. The molecule has 0 aromatic carbocycles. The van der Waals surface area contributed by atoms with Gasteiger partial charge < -0.3 is 10.5 Å². The lowest BCUT2D eigenvalue weighted by Crippen LogP contribution is -2.21. The number of nitrogens with zero attached hydrogens (tertiary/aromatic N) is 4. The minimum atomic E-state index is -0.537. The molecule has 0 aliphatic heterocycles. The Morgan fingerprint density at radius 1 is 1.48 bits per heavy atom. The molecule has 2 heterocycles. The van der Waals surface area contributed by atoms with E-state index in [9.17, 15) is 4.79 Å². The number of hydrogen-bond donors (Lipinski definition) is 2. The van der Waals surface area contributed by atoms with Crippen LogP contribution in [0.3, 0.4) is 0 Å². The fraction of sp³-hybridized carbons (Fsp3) is 0.467. The first-order valence-electron chi connectivity index (χ1n) is 7.53. The average Bonchev–Trinajstić information content (AvgIpc) is 2.83. The highest BCUT2D eigenvalue weighted by Gasteiger charge is 2.18. The number of hydrogen-bond acceptors (Lipinski definition) is 6. The summed E-state index contributed by atoms with van der Waals surface area (Å²) in [5.41, 5.74) is 8.12. The van der Waals surface area contributed by atoms with E-state index in [2.05, 4.69) is 20.6 Å². The van der Waals surface area contributed by atoms with Crippen molar-refractivity contribution in [2.45, 2.75) is 39.7 Å². The van der Waals surface area contributed by atoms with Gasteiger partial charge in [0.05, 0.1) is 17.1 Å². The van der Waals surface area contributed by atoms with Crippen LogP contribution in [0.15, 0.2) is 12.1 Å². The lowest BCUT2D eigenvalue weighted by molar-refractivity contribution is 0.115. The quantitative estimate of drug-likeness (QED) is 0.877. The molecule has 0 saturated carbocycles. The van der Waals surface area contributed by atoms with Gasteiger partial charge in [-0.1, -0.05) is 18.6 Å². The molecule has 8 nitrogen and oxygen atoms in total. The number of pyridine rings is 1. The number of nitrogens with two attached hydrogens (primary N) is 1. The Morgan fingerprint density at radius 3 is 2.87 bits per heavy atom. The van der Waals surface area contributed by atoms with Crippen molar-refractivity contribution in [2.75, 3.05) is 11.1 Å². The molecule has 0 aliphatic carbocycles. The Kier molecular flexibility index (Phi) is 5.15. The number of carbonyl (C=O) groups excluding carboxylic acids is 1. The zero-order chi connectivity index (χ0) is 17.0. The molecule has 0 fully saturated rings. The van der Waals surface area contributed by atoms with E-state index in [0.29, 0.717) is 28.6 Å². The maximum absolute atomic E-state index is 12.0. The monoisotopic (exact) mass is 318 g/mol. The zero-order valence-electron chi connectivity index (χ0n) is 13.8. The van der Waals surface area contributed by atoms with Gasteiger partial charge in [-0.25, -0.2) is 14.5 Å². The predicted octanol–water partition coefficient (Wildman–Crippen LogP) is 2.50. The maximum Gasteiger partial charge on any atom is 0.413 e. The number of ether oxygens (including phenoxy) is 1. The van der Waals surface area contributed by atoms with Crippen LogP contribution in [-0.4, -0.2) is 32.2 Å². The minimum absolute atomic E-state index is 0.151. The minimum Gasteiger partial charge on any atom is -0.446 e. The largest absolute Gasteiger partial charge is 0.446 e. The van der Waals surface area contributed by atoms with E-state index in [-0.39, 0.29) is 6.10 Å². The molecule has 2 aromatic heterocycles. The van der Waals surface area contributed by atoms with Crippen LogP contribution in [0.1, 0.15) is 32.4 Å². The normalized spacial score (nSPS) is 12.0. The number of aromatic nitrogens is 4. The third-order valence-electron chi connectivity index (χ3n) is 3.42. The molecule has 0 radical (unpaired) electrons. The number of carbonyl (C=O) groups is 1. The zero-order valence-corrected chi connectivity index (χ0v) is 13.8. The van der Waals surface area contributed by atoms with Crippen LogP contribution < -0.4 is 11.1 Å². The molecule has 2 aromatic rings. The first-order valence-corrected chi connectivity index (χ1v) is 7.53. The first-order chi connectivity index (χ1) is 10.9. The number of nitrogen functional groups attached to an aromatic ring is 1. The molecule has 1 atom stereocenters. The van der Waals surface area contributed by atoms with Crippen LogP contribution in [0, 0.1) is 6.92 Å². The number of nitrogens with one attached hydrogen (secondary N) is 1. The lowest BCUT2D eigenvalue weighted by atomic mass is 10.2. The van der Waals surface area contributed by atoms with Crippen molar-refractivity contribution in [1.29, 1.82) is 0 Å². The molecule has 2 rings (SSSR count). The molecule has 0 bridgehead atoms. The fourth-order valence-electron chi connectivity index (χ4n) is 2.15. The maximum atomic E-state index is 12.0. The Hall–Kier alpha value is -2.64. The summed E-state index contributed by atoms with van der Waals surface area (Å²) in [5.74, 6) is 0.426. The van der Waals surface area contributed by atoms with Crippen molar-refractivity contribution in [3.05, 3.63) is 17.8 Å². The van der Waals surface area contributed by atoms with Crippen molar-refractivity contribution in [3.8, 4) is 11.4 Å². The van der Waals surface area contributed by atoms with E-state index < -0.39 is 6.09 Å². The summed E-state index contributed by atoms with van der Waals surface area (Å²) in [4.78, 5) is 16.4. The summed E-state index contributed by atoms with van der Waals surface area (Å²) in [6, 6.07) is 3.49. The molecule has 0 saturated heterocycles. The molecule has 0 spiro atoms. The number of rotatable bonds is 5. The fourth-order valence-corrected chi connectivity index (χ4v) is 2.15. The van der Waals surface area contributed by atoms with E-state index in [1.54, 1.807) is 19.2 Å². The summed E-state index contributed by atoms with van der Waals surface area (Å²) in [6.07, 6.45) is 1.07. The first kappa shape index (κ1) is 16.7. The Labute approximate surface area is 135 Å². The smallest absolute Gasteiger partial charge is 0.413 e. The highest BCUT2D eigenvalue weighted by atomic mass is 16.6. The van der Waals surface area contributed by atoms with Gasteiger partial charge in [0.1, 0.15) is 6.10 Å². The summed E-state index contributed by atoms with van der Waals surface area (Å²) in [6.45, 7) is 5.70. The molecule has 8 heteroatoms. The molecule has 0 aliphatic rings. The Bertz CT molecular complexity index is 697. The van der Waals surface area contributed by atoms with Crippen LogP contribution in [0.2, 0.25) is 0 Å². The average molecular weight is 318 g/mol. The summed E-state index contributed by atoms with van der Waals surface area (Å²) in [5, 5.41) is 10.7. The van der Waals surface area contributed by atoms with Gasteiger partial charge in [0, 0.05) is 7.05 Å². The summed E-state index contributed by atoms with van der Waals surface area (Å²) < 4.78 is 6.76. The van der Waals surface area contributed by atoms with E-state index in [1.807, 2.05) is 20.8 Å². The molecular formula is C15H22N6O2. The Morgan fingerprint density at radius 2 is 2.22 bits per heavy atom. The second-order valence-corrected chi connectivity index (χ2v) is 5.41. The van der Waals surface area contributed by atoms with Crippen LogP contribution in [0.5, 0.6) is 0 Å². The van der Waals surface area contributed by atoms with E-state index in [0.717, 1.165) is 12.8 Å². The van der Waals surface area contributed by atoms with E-state index in [1.165, 1.54) is 4.68 Å². The number of anilines is 2. The number of amides is 1. The van der Waals surface area contributed by atoms with E-state index in [4.69, 9.17) is 10.5 Å². The standard InChI is InChI=1S/C15H22N6O2/c1-5-6-9(2)23-15(22)18-14-13(19-20-21(14)4)12-8-7-11(16)10(3)17-12/h7-9H,5-6,16H2,1-4H3,(H,18,22). The topological polar surface area (TPSA) is 108 Å². The van der Waals surface area contributed by atoms with Gasteiger partial charge in [-0.15, -0.1) is 5.10 Å². The van der Waals surface area contributed by atoms with Gasteiger partial charge in [-0.05, 0) is 32.4 Å². The van der Waals surface area contributed by atoms with Crippen molar-refractivity contribution >= 4 is 17.6 Å². The van der Waals surface area contributed by atoms with Crippen molar-refractivity contribution < 1.29 is 9.53 Å². The van der Waals surface area contributed by atoms with Gasteiger partial charge in [-0.3, -0.25) is 5.32 Å². The lowest BCUT2D eigenvalue weighted by Gasteiger charge is -2.13. The SMILES string of the molecule is CCCC(C)OC(=O)Nc1c(-c2ccc(N)c(C)n2)nnn1C. The third-order valence-corrected chi connectivity index (χ3v) is 3.42. The second-order valence-electron chi connectivity index (χ2n) is 5.41. The van der Waals surface area contributed by atoms with Crippen LogP contribution >= 0.6 is 0 Å². The van der Waals surface area contributed by atoms with Crippen LogP contribution in [0.25, 0.3) is 11.4 Å². The summed E-state index contributed by atoms with van der Waals surface area (Å²) in [7, 11) is 1.69.